The Hall–Kier alpha value is -1.25. The molecule has 3 atom stereocenters. The molecule has 1 saturated carbocycles. The van der Waals surface area contributed by atoms with Crippen molar-refractivity contribution in [3.05, 3.63) is 24.0 Å². The lowest BCUT2D eigenvalue weighted by Gasteiger charge is -2.11. The highest BCUT2D eigenvalue weighted by Gasteiger charge is 2.41. The summed E-state index contributed by atoms with van der Waals surface area (Å²) in [4.78, 5) is 10.5. The van der Waals surface area contributed by atoms with Crippen LogP contribution >= 0.6 is 0 Å². The van der Waals surface area contributed by atoms with E-state index in [0.29, 0.717) is 24.4 Å². The van der Waals surface area contributed by atoms with Crippen LogP contribution in [0.2, 0.25) is 0 Å². The molecule has 1 aliphatic heterocycles. The van der Waals surface area contributed by atoms with Gasteiger partial charge in [-0.1, -0.05) is 52.2 Å². The summed E-state index contributed by atoms with van der Waals surface area (Å²) in [5.74, 6) is 1.71. The third kappa shape index (κ3) is 8.11. The largest absolute Gasteiger partial charge is 0.495 e. The van der Waals surface area contributed by atoms with Crippen molar-refractivity contribution < 1.29 is 14.6 Å². The summed E-state index contributed by atoms with van der Waals surface area (Å²) in [7, 11) is 0. The van der Waals surface area contributed by atoms with Gasteiger partial charge in [-0.15, -0.1) is 0 Å². The van der Waals surface area contributed by atoms with Gasteiger partial charge >= 0.3 is 5.97 Å². The van der Waals surface area contributed by atoms with E-state index in [0.717, 1.165) is 18.6 Å². The molecule has 1 N–H and O–H groups in total. The molecule has 3 nitrogen and oxygen atoms in total. The van der Waals surface area contributed by atoms with Crippen LogP contribution in [0, 0.1) is 11.8 Å². The first kappa shape index (κ1) is 21.8. The van der Waals surface area contributed by atoms with Crippen LogP contribution in [-0.2, 0) is 9.53 Å². The van der Waals surface area contributed by atoms with Gasteiger partial charge in [-0.05, 0) is 50.5 Å². The number of carbonyl (C=O) groups is 1. The molecule has 0 amide bonds. The molecule has 144 valence electrons. The van der Waals surface area contributed by atoms with Crippen molar-refractivity contribution in [1.29, 1.82) is 0 Å². The number of carboxylic acid groups (broad SMARTS) is 1. The second-order valence-corrected chi connectivity index (χ2v) is 7.00. The SMILES string of the molecule is CC.CCCCCC/C=C/[C@H]1CC[C@@H]2O/C(=C\CCCC(=O)O)C[C@@H]21. The standard InChI is InChI=1S/C20H32O3.C2H6/c1-2-3-4-5-6-7-10-16-13-14-19-18(16)15-17(23-19)11-8-9-12-20(21)22;1-2/h7,10-11,16,18-19H,2-6,8-9,12-15H2,1H3,(H,21,22);1-2H3/b10-7+,17-11-;/t16-,18+,19-;/m0./s1. The normalized spacial score (nSPS) is 26.4. The molecule has 0 aromatic rings. The number of hydrogen-bond donors (Lipinski definition) is 1. The van der Waals surface area contributed by atoms with Gasteiger partial charge in [0.2, 0.25) is 0 Å². The maximum atomic E-state index is 10.5. The number of rotatable bonds is 10. The molecule has 0 radical (unpaired) electrons. The van der Waals surface area contributed by atoms with Crippen LogP contribution in [0.25, 0.3) is 0 Å². The number of carboxylic acids is 1. The molecule has 1 saturated heterocycles. The zero-order valence-electron chi connectivity index (χ0n) is 16.5. The minimum atomic E-state index is -0.711. The van der Waals surface area contributed by atoms with Gasteiger partial charge < -0.3 is 9.84 Å². The Kier molecular flexibility index (Phi) is 11.3. The molecule has 3 heteroatoms. The van der Waals surface area contributed by atoms with Crippen molar-refractivity contribution in [2.75, 3.05) is 0 Å². The third-order valence-electron chi connectivity index (χ3n) is 5.13. The summed E-state index contributed by atoms with van der Waals surface area (Å²) >= 11 is 0. The average Bonchev–Trinajstić information content (AvgIpc) is 3.17. The van der Waals surface area contributed by atoms with Crippen molar-refractivity contribution >= 4 is 5.97 Å². The zero-order valence-corrected chi connectivity index (χ0v) is 16.5. The molecule has 0 spiro atoms. The summed E-state index contributed by atoms with van der Waals surface area (Å²) in [5, 5.41) is 8.66. The lowest BCUT2D eigenvalue weighted by Crippen LogP contribution is -2.11. The summed E-state index contributed by atoms with van der Waals surface area (Å²) in [6.45, 7) is 6.25. The Morgan fingerprint density at radius 2 is 1.96 bits per heavy atom. The van der Waals surface area contributed by atoms with E-state index in [1.54, 1.807) is 0 Å². The Balaban J connectivity index is 0.00000151. The van der Waals surface area contributed by atoms with Crippen LogP contribution < -0.4 is 0 Å². The van der Waals surface area contributed by atoms with Crippen molar-refractivity contribution in [2.24, 2.45) is 11.8 Å². The number of unbranched alkanes of at least 4 members (excludes halogenated alkanes) is 5. The zero-order chi connectivity index (χ0) is 18.5. The van der Waals surface area contributed by atoms with Gasteiger partial charge in [-0.3, -0.25) is 4.79 Å². The van der Waals surface area contributed by atoms with E-state index in [1.165, 1.54) is 44.9 Å². The molecule has 25 heavy (non-hydrogen) atoms. The van der Waals surface area contributed by atoms with E-state index in [4.69, 9.17) is 9.84 Å². The molecule has 0 aromatic heterocycles. The lowest BCUT2D eigenvalue weighted by molar-refractivity contribution is -0.137. The molecule has 2 aliphatic rings. The molecule has 1 heterocycles. The highest BCUT2D eigenvalue weighted by atomic mass is 16.5. The molecule has 0 unspecified atom stereocenters. The van der Waals surface area contributed by atoms with E-state index in [1.807, 2.05) is 13.8 Å². The predicted octanol–water partition coefficient (Wildman–Crippen LogP) is 6.49. The van der Waals surface area contributed by atoms with E-state index in [9.17, 15) is 4.79 Å². The molecule has 0 bridgehead atoms. The Labute approximate surface area is 154 Å². The second kappa shape index (κ2) is 13.0. The maximum absolute atomic E-state index is 10.5. The number of fused-ring (bicyclic) bond motifs is 1. The molecule has 1 aliphatic carbocycles. The van der Waals surface area contributed by atoms with Crippen molar-refractivity contribution in [3.63, 3.8) is 0 Å². The third-order valence-corrected chi connectivity index (χ3v) is 5.13. The minimum Gasteiger partial charge on any atom is -0.495 e. The Morgan fingerprint density at radius 1 is 1.16 bits per heavy atom. The summed E-state index contributed by atoms with van der Waals surface area (Å²) in [6.07, 6.45) is 19.1. The van der Waals surface area contributed by atoms with E-state index < -0.39 is 5.97 Å². The van der Waals surface area contributed by atoms with Gasteiger partial charge in [0, 0.05) is 18.8 Å². The highest BCUT2D eigenvalue weighted by molar-refractivity contribution is 5.66. The van der Waals surface area contributed by atoms with Gasteiger partial charge in [0.05, 0.1) is 5.76 Å². The predicted molar refractivity (Wildman–Crippen MR) is 105 cm³/mol. The first-order valence-corrected chi connectivity index (χ1v) is 10.4. The monoisotopic (exact) mass is 350 g/mol. The van der Waals surface area contributed by atoms with Crippen LogP contribution in [-0.4, -0.2) is 17.2 Å². The average molecular weight is 351 g/mol. The van der Waals surface area contributed by atoms with Crippen molar-refractivity contribution in [3.8, 4) is 0 Å². The number of hydrogen-bond acceptors (Lipinski definition) is 2. The molecular weight excluding hydrogens is 312 g/mol. The first-order chi connectivity index (χ1) is 12.2. The summed E-state index contributed by atoms with van der Waals surface area (Å²) < 4.78 is 6.06. The fourth-order valence-electron chi connectivity index (χ4n) is 3.81. The molecule has 2 rings (SSSR count). The first-order valence-electron chi connectivity index (χ1n) is 10.4. The Bertz CT molecular complexity index is 425. The molecule has 2 fully saturated rings. The van der Waals surface area contributed by atoms with Crippen LogP contribution in [0.1, 0.15) is 91.4 Å². The van der Waals surface area contributed by atoms with Crippen LogP contribution in [0.5, 0.6) is 0 Å². The number of allylic oxidation sites excluding steroid dienone is 4. The number of aliphatic carboxylic acids is 1. The van der Waals surface area contributed by atoms with E-state index in [2.05, 4.69) is 25.2 Å². The van der Waals surface area contributed by atoms with Crippen LogP contribution in [0.4, 0.5) is 0 Å². The topological polar surface area (TPSA) is 46.5 Å². The van der Waals surface area contributed by atoms with Crippen LogP contribution in [0.3, 0.4) is 0 Å². The lowest BCUT2D eigenvalue weighted by atomic mass is 9.92. The summed E-state index contributed by atoms with van der Waals surface area (Å²) in [5.41, 5.74) is 0. The van der Waals surface area contributed by atoms with Gasteiger partial charge in [0.1, 0.15) is 6.10 Å². The van der Waals surface area contributed by atoms with Crippen molar-refractivity contribution in [2.45, 2.75) is 97.5 Å². The smallest absolute Gasteiger partial charge is 0.303 e. The Morgan fingerprint density at radius 3 is 2.68 bits per heavy atom. The fourth-order valence-corrected chi connectivity index (χ4v) is 3.81. The second-order valence-electron chi connectivity index (χ2n) is 7.00. The quantitative estimate of drug-likeness (QED) is 0.361. The minimum absolute atomic E-state index is 0.250. The fraction of sp³-hybridized carbons (Fsp3) is 0.773. The van der Waals surface area contributed by atoms with Gasteiger partial charge in [-0.2, -0.15) is 0 Å². The van der Waals surface area contributed by atoms with Crippen LogP contribution in [0.15, 0.2) is 24.0 Å². The van der Waals surface area contributed by atoms with Gasteiger partial charge in [0.15, 0.2) is 0 Å². The maximum Gasteiger partial charge on any atom is 0.303 e. The van der Waals surface area contributed by atoms with E-state index >= 15 is 0 Å². The number of ether oxygens (including phenoxy) is 1. The molecule has 0 aromatic carbocycles. The molecular formula is C22H38O3. The highest BCUT2D eigenvalue weighted by Crippen LogP contribution is 2.45. The van der Waals surface area contributed by atoms with E-state index in [-0.39, 0.29) is 6.42 Å². The summed E-state index contributed by atoms with van der Waals surface area (Å²) in [6, 6.07) is 0. The van der Waals surface area contributed by atoms with Crippen molar-refractivity contribution in [1.82, 2.24) is 0 Å². The van der Waals surface area contributed by atoms with Gasteiger partial charge in [-0.25, -0.2) is 0 Å². The van der Waals surface area contributed by atoms with Gasteiger partial charge in [0.25, 0.3) is 0 Å².